The van der Waals surface area contributed by atoms with Crippen LogP contribution in [-0.2, 0) is 6.54 Å². The molecule has 0 aromatic heterocycles. The van der Waals surface area contributed by atoms with E-state index >= 15 is 0 Å². The second-order valence-electron chi connectivity index (χ2n) is 4.53. The zero-order chi connectivity index (χ0) is 13.0. The molecule has 0 heterocycles. The van der Waals surface area contributed by atoms with E-state index < -0.39 is 0 Å². The van der Waals surface area contributed by atoms with Crippen LogP contribution in [0.15, 0.2) is 42.5 Å². The Morgan fingerprint density at radius 3 is 2.56 bits per heavy atom. The summed E-state index contributed by atoms with van der Waals surface area (Å²) in [5, 5.41) is 3.43. The Hall–Kier alpha value is -1.96. The molecule has 0 radical (unpaired) electrons. The predicted molar refractivity (Wildman–Crippen MR) is 76.2 cm³/mol. The Bertz CT molecular complexity index is 534. The zero-order valence-corrected chi connectivity index (χ0v) is 11.2. The molecule has 0 fully saturated rings. The minimum absolute atomic E-state index is 0.828. The second-order valence-corrected chi connectivity index (χ2v) is 4.53. The van der Waals surface area contributed by atoms with Gasteiger partial charge in [-0.2, -0.15) is 0 Å². The molecule has 0 unspecified atom stereocenters. The summed E-state index contributed by atoms with van der Waals surface area (Å²) in [6.45, 7) is 4.99. The SMILES string of the molecule is COc1ccc(CNc2cccc(C)c2)cc1C. The van der Waals surface area contributed by atoms with Gasteiger partial charge in [0, 0.05) is 12.2 Å². The van der Waals surface area contributed by atoms with Gasteiger partial charge in [0.15, 0.2) is 0 Å². The van der Waals surface area contributed by atoms with Crippen LogP contribution in [0.1, 0.15) is 16.7 Å². The van der Waals surface area contributed by atoms with Gasteiger partial charge in [0.05, 0.1) is 7.11 Å². The molecule has 2 aromatic rings. The molecule has 1 N–H and O–H groups in total. The monoisotopic (exact) mass is 241 g/mol. The maximum atomic E-state index is 5.26. The largest absolute Gasteiger partial charge is 0.496 e. The topological polar surface area (TPSA) is 21.3 Å². The fraction of sp³-hybridized carbons (Fsp3) is 0.250. The number of ether oxygens (including phenoxy) is 1. The number of nitrogens with one attached hydrogen (secondary N) is 1. The molecule has 0 amide bonds. The van der Waals surface area contributed by atoms with Crippen LogP contribution in [-0.4, -0.2) is 7.11 Å². The average molecular weight is 241 g/mol. The number of rotatable bonds is 4. The Morgan fingerprint density at radius 1 is 1.06 bits per heavy atom. The fourth-order valence-electron chi connectivity index (χ4n) is 2.01. The van der Waals surface area contributed by atoms with Crippen LogP contribution in [0, 0.1) is 13.8 Å². The van der Waals surface area contributed by atoms with Gasteiger partial charge < -0.3 is 10.1 Å². The van der Waals surface area contributed by atoms with Crippen LogP contribution in [0.4, 0.5) is 5.69 Å². The summed E-state index contributed by atoms with van der Waals surface area (Å²) in [4.78, 5) is 0. The molecule has 0 saturated heterocycles. The predicted octanol–water partition coefficient (Wildman–Crippen LogP) is 3.92. The first-order chi connectivity index (χ1) is 8.69. The molecule has 0 aliphatic carbocycles. The molecular weight excluding hydrogens is 222 g/mol. The van der Waals surface area contributed by atoms with Crippen LogP contribution < -0.4 is 10.1 Å². The summed E-state index contributed by atoms with van der Waals surface area (Å²) >= 11 is 0. The van der Waals surface area contributed by atoms with Crippen LogP contribution >= 0.6 is 0 Å². The smallest absolute Gasteiger partial charge is 0.121 e. The number of anilines is 1. The molecule has 0 bridgehead atoms. The normalized spacial score (nSPS) is 10.2. The van der Waals surface area contributed by atoms with Gasteiger partial charge in [-0.05, 0) is 48.7 Å². The Balaban J connectivity index is 2.04. The zero-order valence-electron chi connectivity index (χ0n) is 11.2. The molecule has 2 nitrogen and oxygen atoms in total. The molecule has 0 atom stereocenters. The number of aryl methyl sites for hydroxylation is 2. The lowest BCUT2D eigenvalue weighted by molar-refractivity contribution is 0.411. The van der Waals surface area contributed by atoms with E-state index in [2.05, 4.69) is 55.6 Å². The number of hydrogen-bond donors (Lipinski definition) is 1. The minimum Gasteiger partial charge on any atom is -0.496 e. The quantitative estimate of drug-likeness (QED) is 0.875. The third kappa shape index (κ3) is 3.04. The Labute approximate surface area is 109 Å². The molecule has 0 saturated carbocycles. The summed E-state index contributed by atoms with van der Waals surface area (Å²) in [5.74, 6) is 0.939. The van der Waals surface area contributed by atoms with E-state index in [9.17, 15) is 0 Å². The van der Waals surface area contributed by atoms with E-state index in [1.165, 1.54) is 16.7 Å². The van der Waals surface area contributed by atoms with Crippen molar-refractivity contribution in [3.63, 3.8) is 0 Å². The summed E-state index contributed by atoms with van der Waals surface area (Å²) in [6, 6.07) is 14.7. The minimum atomic E-state index is 0.828. The molecule has 2 aromatic carbocycles. The summed E-state index contributed by atoms with van der Waals surface area (Å²) < 4.78 is 5.26. The van der Waals surface area contributed by atoms with Crippen molar-refractivity contribution in [1.82, 2.24) is 0 Å². The molecule has 18 heavy (non-hydrogen) atoms. The van der Waals surface area contributed by atoms with E-state index in [1.807, 2.05) is 6.07 Å². The Kier molecular flexibility index (Phi) is 3.88. The van der Waals surface area contributed by atoms with Gasteiger partial charge in [0.25, 0.3) is 0 Å². The van der Waals surface area contributed by atoms with Crippen molar-refractivity contribution in [3.05, 3.63) is 59.2 Å². The molecular formula is C16H19NO. The summed E-state index contributed by atoms with van der Waals surface area (Å²) in [5.41, 5.74) is 4.85. The first-order valence-electron chi connectivity index (χ1n) is 6.13. The highest BCUT2D eigenvalue weighted by molar-refractivity contribution is 5.46. The standard InChI is InChI=1S/C16H19NO/c1-12-5-4-6-15(9-12)17-11-14-7-8-16(18-3)13(2)10-14/h4-10,17H,11H2,1-3H3. The van der Waals surface area contributed by atoms with E-state index in [-0.39, 0.29) is 0 Å². The molecule has 0 aliphatic rings. The lowest BCUT2D eigenvalue weighted by Gasteiger charge is -2.10. The van der Waals surface area contributed by atoms with Crippen LogP contribution in [0.25, 0.3) is 0 Å². The van der Waals surface area contributed by atoms with Crippen molar-refractivity contribution < 1.29 is 4.74 Å². The van der Waals surface area contributed by atoms with Crippen molar-refractivity contribution in [3.8, 4) is 5.75 Å². The lowest BCUT2D eigenvalue weighted by Crippen LogP contribution is -2.00. The first-order valence-corrected chi connectivity index (χ1v) is 6.13. The van der Waals surface area contributed by atoms with Gasteiger partial charge in [-0.3, -0.25) is 0 Å². The van der Waals surface area contributed by atoms with Crippen LogP contribution in [0.5, 0.6) is 5.75 Å². The summed E-state index contributed by atoms with van der Waals surface area (Å²) in [6.07, 6.45) is 0. The number of methoxy groups -OCH3 is 1. The van der Waals surface area contributed by atoms with E-state index in [0.29, 0.717) is 0 Å². The number of hydrogen-bond acceptors (Lipinski definition) is 2. The van der Waals surface area contributed by atoms with Gasteiger partial charge >= 0.3 is 0 Å². The van der Waals surface area contributed by atoms with Gasteiger partial charge in [-0.1, -0.05) is 24.3 Å². The fourth-order valence-corrected chi connectivity index (χ4v) is 2.01. The van der Waals surface area contributed by atoms with Gasteiger partial charge in [0.2, 0.25) is 0 Å². The Morgan fingerprint density at radius 2 is 1.89 bits per heavy atom. The third-order valence-corrected chi connectivity index (χ3v) is 2.97. The van der Waals surface area contributed by atoms with Crippen LogP contribution in [0.2, 0.25) is 0 Å². The lowest BCUT2D eigenvalue weighted by atomic mass is 10.1. The second kappa shape index (κ2) is 5.58. The highest BCUT2D eigenvalue weighted by Crippen LogP contribution is 2.19. The molecule has 0 aliphatic heterocycles. The van der Waals surface area contributed by atoms with Gasteiger partial charge in [0.1, 0.15) is 5.75 Å². The van der Waals surface area contributed by atoms with Crippen molar-refractivity contribution >= 4 is 5.69 Å². The molecule has 2 rings (SSSR count). The summed E-state index contributed by atoms with van der Waals surface area (Å²) in [7, 11) is 1.70. The first kappa shape index (κ1) is 12.5. The average Bonchev–Trinajstić information content (AvgIpc) is 2.37. The van der Waals surface area contributed by atoms with E-state index in [1.54, 1.807) is 7.11 Å². The van der Waals surface area contributed by atoms with Gasteiger partial charge in [-0.25, -0.2) is 0 Å². The van der Waals surface area contributed by atoms with Crippen molar-refractivity contribution in [2.75, 3.05) is 12.4 Å². The number of benzene rings is 2. The maximum Gasteiger partial charge on any atom is 0.121 e. The molecule has 94 valence electrons. The highest BCUT2D eigenvalue weighted by Gasteiger charge is 2.00. The van der Waals surface area contributed by atoms with Gasteiger partial charge in [-0.15, -0.1) is 0 Å². The van der Waals surface area contributed by atoms with Crippen molar-refractivity contribution in [1.29, 1.82) is 0 Å². The highest BCUT2D eigenvalue weighted by atomic mass is 16.5. The molecule has 0 spiro atoms. The van der Waals surface area contributed by atoms with Crippen molar-refractivity contribution in [2.24, 2.45) is 0 Å². The molecule has 2 heteroatoms. The van der Waals surface area contributed by atoms with E-state index in [0.717, 1.165) is 18.0 Å². The third-order valence-electron chi connectivity index (χ3n) is 2.97. The maximum absolute atomic E-state index is 5.26. The van der Waals surface area contributed by atoms with E-state index in [4.69, 9.17) is 4.74 Å². The van der Waals surface area contributed by atoms with Crippen LogP contribution in [0.3, 0.4) is 0 Å². The van der Waals surface area contributed by atoms with Crippen molar-refractivity contribution in [2.45, 2.75) is 20.4 Å².